The third kappa shape index (κ3) is 4.60. The van der Waals surface area contributed by atoms with Crippen LogP contribution in [0.1, 0.15) is 30.0 Å². The summed E-state index contributed by atoms with van der Waals surface area (Å²) in [6.07, 6.45) is 3.85. The third-order valence-electron chi connectivity index (χ3n) is 2.67. The van der Waals surface area contributed by atoms with Crippen molar-refractivity contribution in [1.82, 2.24) is 10.3 Å². The lowest BCUT2D eigenvalue weighted by Gasteiger charge is -2.04. The average Bonchev–Trinajstić information content (AvgIpc) is 3.00. The molecule has 0 aliphatic heterocycles. The summed E-state index contributed by atoms with van der Waals surface area (Å²) in [7, 11) is 0. The third-order valence-corrected chi connectivity index (χ3v) is 3.49. The first-order valence-corrected chi connectivity index (χ1v) is 6.92. The van der Waals surface area contributed by atoms with Crippen molar-refractivity contribution in [2.75, 3.05) is 19.8 Å². The normalized spacial score (nSPS) is 15.6. The van der Waals surface area contributed by atoms with E-state index in [1.807, 2.05) is 6.92 Å². The lowest BCUT2D eigenvalue weighted by Crippen LogP contribution is -2.16. The second-order valence-corrected chi connectivity index (χ2v) is 5.47. The van der Waals surface area contributed by atoms with Crippen LogP contribution in [0.2, 0.25) is 0 Å². The smallest absolute Gasteiger partial charge is 0.0897 e. The number of thiazole rings is 1. The van der Waals surface area contributed by atoms with Gasteiger partial charge in [-0.3, -0.25) is 0 Å². The molecule has 90 valence electrons. The molecule has 1 heterocycles. The number of nitrogens with zero attached hydrogens (tertiary/aromatic N) is 1. The first kappa shape index (κ1) is 12.0. The van der Waals surface area contributed by atoms with Gasteiger partial charge in [-0.25, -0.2) is 4.98 Å². The minimum atomic E-state index is 0.881. The van der Waals surface area contributed by atoms with Crippen LogP contribution in [0.25, 0.3) is 0 Å². The van der Waals surface area contributed by atoms with Crippen LogP contribution in [0.15, 0.2) is 5.38 Å². The Morgan fingerprint density at radius 2 is 2.44 bits per heavy atom. The number of ether oxygens (including phenoxy) is 1. The lowest BCUT2D eigenvalue weighted by molar-refractivity contribution is 0.122. The van der Waals surface area contributed by atoms with Gasteiger partial charge in [-0.15, -0.1) is 11.3 Å². The Hall–Kier alpha value is -0.450. The van der Waals surface area contributed by atoms with Gasteiger partial charge in [0.15, 0.2) is 0 Å². The van der Waals surface area contributed by atoms with Gasteiger partial charge in [-0.05, 0) is 38.6 Å². The zero-order valence-corrected chi connectivity index (χ0v) is 10.7. The van der Waals surface area contributed by atoms with Crippen LogP contribution in [0.4, 0.5) is 0 Å². The standard InChI is InChI=1S/C12H20N2OS/c1-10-14-12(9-16-10)7-13-5-2-6-15-8-11-3-4-11/h9,11,13H,2-8H2,1H3. The van der Waals surface area contributed by atoms with Gasteiger partial charge in [0.2, 0.25) is 0 Å². The molecular weight excluding hydrogens is 220 g/mol. The topological polar surface area (TPSA) is 34.2 Å². The van der Waals surface area contributed by atoms with Gasteiger partial charge in [0, 0.05) is 25.1 Å². The number of nitrogens with one attached hydrogen (secondary N) is 1. The predicted molar refractivity (Wildman–Crippen MR) is 66.7 cm³/mol. The SMILES string of the molecule is Cc1nc(CNCCCOCC2CC2)cs1. The maximum Gasteiger partial charge on any atom is 0.0897 e. The minimum absolute atomic E-state index is 0.881. The second kappa shape index (κ2) is 6.33. The Balaban J connectivity index is 1.42. The van der Waals surface area contributed by atoms with E-state index in [2.05, 4.69) is 15.7 Å². The molecule has 2 rings (SSSR count). The summed E-state index contributed by atoms with van der Waals surface area (Å²) in [4.78, 5) is 4.40. The van der Waals surface area contributed by atoms with Gasteiger partial charge in [-0.1, -0.05) is 0 Å². The summed E-state index contributed by atoms with van der Waals surface area (Å²) >= 11 is 1.71. The Bertz CT molecular complexity index is 310. The summed E-state index contributed by atoms with van der Waals surface area (Å²) in [5.41, 5.74) is 1.15. The van der Waals surface area contributed by atoms with Crippen molar-refractivity contribution in [3.8, 4) is 0 Å². The summed E-state index contributed by atoms with van der Waals surface area (Å²) < 4.78 is 5.56. The Kier molecular flexibility index (Phi) is 4.75. The fourth-order valence-corrected chi connectivity index (χ4v) is 2.15. The molecule has 1 N–H and O–H groups in total. The van der Waals surface area contributed by atoms with Crippen molar-refractivity contribution >= 4 is 11.3 Å². The Labute approximate surface area is 101 Å². The van der Waals surface area contributed by atoms with E-state index in [9.17, 15) is 0 Å². The number of rotatable bonds is 8. The molecule has 0 saturated heterocycles. The molecule has 0 radical (unpaired) electrons. The molecule has 1 fully saturated rings. The molecule has 0 bridgehead atoms. The van der Waals surface area contributed by atoms with Gasteiger partial charge >= 0.3 is 0 Å². The monoisotopic (exact) mass is 240 g/mol. The molecule has 1 saturated carbocycles. The molecule has 1 aliphatic carbocycles. The highest BCUT2D eigenvalue weighted by Gasteiger charge is 2.20. The van der Waals surface area contributed by atoms with Crippen LogP contribution in [0.3, 0.4) is 0 Å². The molecule has 3 nitrogen and oxygen atoms in total. The molecule has 1 aromatic heterocycles. The highest BCUT2D eigenvalue weighted by molar-refractivity contribution is 7.09. The zero-order valence-electron chi connectivity index (χ0n) is 9.87. The van der Waals surface area contributed by atoms with Crippen LogP contribution in [0.5, 0.6) is 0 Å². The second-order valence-electron chi connectivity index (χ2n) is 4.41. The van der Waals surface area contributed by atoms with Crippen molar-refractivity contribution in [3.63, 3.8) is 0 Å². The quantitative estimate of drug-likeness (QED) is 0.708. The lowest BCUT2D eigenvalue weighted by atomic mass is 10.4. The summed E-state index contributed by atoms with van der Waals surface area (Å²) in [6, 6.07) is 0. The van der Waals surface area contributed by atoms with Crippen LogP contribution in [0, 0.1) is 12.8 Å². The molecule has 0 amide bonds. The first-order chi connectivity index (χ1) is 7.84. The summed E-state index contributed by atoms with van der Waals surface area (Å²) in [5, 5.41) is 6.64. The largest absolute Gasteiger partial charge is 0.381 e. The fraction of sp³-hybridized carbons (Fsp3) is 0.750. The highest BCUT2D eigenvalue weighted by atomic mass is 32.1. The number of hydrogen-bond donors (Lipinski definition) is 1. The number of aromatic nitrogens is 1. The minimum Gasteiger partial charge on any atom is -0.381 e. The van der Waals surface area contributed by atoms with E-state index in [1.54, 1.807) is 11.3 Å². The molecule has 0 spiro atoms. The van der Waals surface area contributed by atoms with Gasteiger partial charge in [-0.2, -0.15) is 0 Å². The van der Waals surface area contributed by atoms with E-state index < -0.39 is 0 Å². The molecule has 0 atom stereocenters. The number of hydrogen-bond acceptors (Lipinski definition) is 4. The fourth-order valence-electron chi connectivity index (χ4n) is 1.54. The molecule has 1 aliphatic rings. The van der Waals surface area contributed by atoms with Crippen molar-refractivity contribution in [3.05, 3.63) is 16.1 Å². The Morgan fingerprint density at radius 1 is 1.56 bits per heavy atom. The van der Waals surface area contributed by atoms with Gasteiger partial charge in [0.1, 0.15) is 0 Å². The van der Waals surface area contributed by atoms with Crippen molar-refractivity contribution in [2.24, 2.45) is 5.92 Å². The van der Waals surface area contributed by atoms with Crippen LogP contribution >= 0.6 is 11.3 Å². The first-order valence-electron chi connectivity index (χ1n) is 6.04. The molecule has 4 heteroatoms. The van der Waals surface area contributed by atoms with Gasteiger partial charge < -0.3 is 10.1 Å². The number of aryl methyl sites for hydroxylation is 1. The molecular formula is C12H20N2OS. The maximum absolute atomic E-state index is 5.56. The highest BCUT2D eigenvalue weighted by Crippen LogP contribution is 2.28. The van der Waals surface area contributed by atoms with Gasteiger partial charge in [0.25, 0.3) is 0 Å². The molecule has 0 unspecified atom stereocenters. The molecule has 0 aromatic carbocycles. The van der Waals surface area contributed by atoms with Crippen LogP contribution in [-0.4, -0.2) is 24.7 Å². The molecule has 1 aromatic rings. The van der Waals surface area contributed by atoms with E-state index in [0.717, 1.165) is 49.3 Å². The summed E-state index contributed by atoms with van der Waals surface area (Å²) in [5.74, 6) is 0.881. The van der Waals surface area contributed by atoms with Crippen LogP contribution < -0.4 is 5.32 Å². The maximum atomic E-state index is 5.56. The van der Waals surface area contributed by atoms with Crippen molar-refractivity contribution < 1.29 is 4.74 Å². The van der Waals surface area contributed by atoms with E-state index in [0.29, 0.717) is 0 Å². The Morgan fingerprint density at radius 3 is 3.12 bits per heavy atom. The van der Waals surface area contributed by atoms with E-state index in [1.165, 1.54) is 12.8 Å². The van der Waals surface area contributed by atoms with E-state index >= 15 is 0 Å². The van der Waals surface area contributed by atoms with Crippen molar-refractivity contribution in [1.29, 1.82) is 0 Å². The average molecular weight is 240 g/mol. The van der Waals surface area contributed by atoms with Gasteiger partial charge in [0.05, 0.1) is 10.7 Å². The van der Waals surface area contributed by atoms with Crippen LogP contribution in [-0.2, 0) is 11.3 Å². The van der Waals surface area contributed by atoms with E-state index in [4.69, 9.17) is 4.74 Å². The zero-order chi connectivity index (χ0) is 11.2. The summed E-state index contributed by atoms with van der Waals surface area (Å²) in [6.45, 7) is 5.80. The van der Waals surface area contributed by atoms with E-state index in [-0.39, 0.29) is 0 Å². The van der Waals surface area contributed by atoms with Crippen molar-refractivity contribution in [2.45, 2.75) is 32.7 Å². The molecule has 16 heavy (non-hydrogen) atoms. The predicted octanol–water partition coefficient (Wildman–Crippen LogP) is 2.36.